The number of nitrogens with one attached hydrogen (secondary N) is 1. The molecule has 0 heterocycles. The second-order valence-electron chi connectivity index (χ2n) is 4.16. The van der Waals surface area contributed by atoms with Gasteiger partial charge in [-0.05, 0) is 25.1 Å². The maximum Gasteiger partial charge on any atom is 0.328 e. The summed E-state index contributed by atoms with van der Waals surface area (Å²) in [5.41, 5.74) is 1.71. The van der Waals surface area contributed by atoms with E-state index < -0.39 is 24.5 Å². The Balaban J connectivity index is 2.79. The summed E-state index contributed by atoms with van der Waals surface area (Å²) in [6.07, 6.45) is 2.72. The highest BCUT2D eigenvalue weighted by Gasteiger charge is 2.17. The van der Waals surface area contributed by atoms with Gasteiger partial charge in [0.25, 0.3) is 0 Å². The molecule has 1 aromatic carbocycles. The van der Waals surface area contributed by atoms with Gasteiger partial charge in [-0.3, -0.25) is 4.79 Å². The molecule has 1 unspecified atom stereocenters. The number of hydrogen-bond acceptors (Lipinski definition) is 4. The lowest BCUT2D eigenvalue weighted by molar-refractivity contribution is -0.142. The van der Waals surface area contributed by atoms with Crippen molar-refractivity contribution in [1.82, 2.24) is 5.32 Å². The van der Waals surface area contributed by atoms with Crippen molar-refractivity contribution >= 4 is 18.0 Å². The van der Waals surface area contributed by atoms with Gasteiger partial charge in [0.2, 0.25) is 5.91 Å². The summed E-state index contributed by atoms with van der Waals surface area (Å²) in [4.78, 5) is 22.2. The third kappa shape index (κ3) is 4.40. The second kappa shape index (κ2) is 7.30. The van der Waals surface area contributed by atoms with Gasteiger partial charge in [0.05, 0.1) is 13.7 Å². The van der Waals surface area contributed by atoms with Crippen molar-refractivity contribution < 1.29 is 24.5 Å². The first-order chi connectivity index (χ1) is 9.47. The highest BCUT2D eigenvalue weighted by molar-refractivity contribution is 5.94. The predicted molar refractivity (Wildman–Crippen MR) is 73.4 cm³/mol. The summed E-state index contributed by atoms with van der Waals surface area (Å²) in [6.45, 7) is 1.24. The van der Waals surface area contributed by atoms with Crippen molar-refractivity contribution in [2.45, 2.75) is 13.0 Å². The first-order valence-electron chi connectivity index (χ1n) is 5.94. The Hall–Kier alpha value is -2.34. The summed E-state index contributed by atoms with van der Waals surface area (Å²) < 4.78 is 5.16. The van der Waals surface area contributed by atoms with Gasteiger partial charge in [0, 0.05) is 11.6 Å². The third-order valence-corrected chi connectivity index (χ3v) is 2.60. The molecule has 0 aliphatic rings. The van der Waals surface area contributed by atoms with Crippen LogP contribution in [-0.4, -0.2) is 41.8 Å². The Bertz CT molecular complexity index is 524. The lowest BCUT2D eigenvalue weighted by atomic mass is 10.1. The van der Waals surface area contributed by atoms with E-state index in [-0.39, 0.29) is 0 Å². The maximum atomic E-state index is 11.6. The van der Waals surface area contributed by atoms with E-state index in [0.717, 1.165) is 5.56 Å². The number of aliphatic carboxylic acids is 1. The average Bonchev–Trinajstić information content (AvgIpc) is 2.42. The fraction of sp³-hybridized carbons (Fsp3) is 0.286. The molecule has 6 heteroatoms. The van der Waals surface area contributed by atoms with E-state index >= 15 is 0 Å². The van der Waals surface area contributed by atoms with Crippen LogP contribution >= 0.6 is 0 Å². The van der Waals surface area contributed by atoms with Crippen molar-refractivity contribution in [3.63, 3.8) is 0 Å². The van der Waals surface area contributed by atoms with E-state index in [1.54, 1.807) is 6.07 Å². The number of aliphatic hydroxyl groups excluding tert-OH is 1. The Morgan fingerprint density at radius 2 is 2.15 bits per heavy atom. The summed E-state index contributed by atoms with van der Waals surface area (Å²) in [6, 6.07) is 4.18. The van der Waals surface area contributed by atoms with Crippen LogP contribution < -0.4 is 10.1 Å². The molecule has 0 bridgehead atoms. The lowest BCUT2D eigenvalue weighted by Crippen LogP contribution is -2.42. The number of ether oxygens (including phenoxy) is 1. The number of benzene rings is 1. The first-order valence-corrected chi connectivity index (χ1v) is 5.94. The third-order valence-electron chi connectivity index (χ3n) is 2.60. The largest absolute Gasteiger partial charge is 0.496 e. The lowest BCUT2D eigenvalue weighted by Gasteiger charge is -2.09. The Morgan fingerprint density at radius 3 is 2.70 bits per heavy atom. The fourth-order valence-electron chi connectivity index (χ4n) is 1.55. The number of carboxylic acids is 1. The topological polar surface area (TPSA) is 95.9 Å². The smallest absolute Gasteiger partial charge is 0.328 e. The molecule has 108 valence electrons. The maximum absolute atomic E-state index is 11.6. The molecule has 20 heavy (non-hydrogen) atoms. The van der Waals surface area contributed by atoms with Crippen LogP contribution in [0.25, 0.3) is 6.08 Å². The van der Waals surface area contributed by atoms with Crippen LogP contribution in [0.2, 0.25) is 0 Å². The molecule has 1 atom stereocenters. The number of carbonyl (C=O) groups excluding carboxylic acids is 1. The van der Waals surface area contributed by atoms with Crippen molar-refractivity contribution in [2.75, 3.05) is 13.7 Å². The zero-order valence-electron chi connectivity index (χ0n) is 11.3. The highest BCUT2D eigenvalue weighted by atomic mass is 16.5. The molecule has 0 saturated heterocycles. The molecule has 6 nitrogen and oxygen atoms in total. The molecular weight excluding hydrogens is 262 g/mol. The zero-order chi connectivity index (χ0) is 15.1. The number of amides is 1. The number of hydrogen-bond donors (Lipinski definition) is 3. The van der Waals surface area contributed by atoms with E-state index in [0.29, 0.717) is 11.3 Å². The minimum atomic E-state index is -1.31. The van der Waals surface area contributed by atoms with Gasteiger partial charge in [-0.25, -0.2) is 4.79 Å². The molecule has 0 saturated carbocycles. The summed E-state index contributed by atoms with van der Waals surface area (Å²) >= 11 is 0. The molecule has 1 aromatic rings. The number of rotatable bonds is 6. The Kier molecular flexibility index (Phi) is 5.74. The molecule has 3 N–H and O–H groups in total. The van der Waals surface area contributed by atoms with Crippen LogP contribution in [0.4, 0.5) is 0 Å². The number of aliphatic hydroxyl groups is 1. The van der Waals surface area contributed by atoms with Crippen LogP contribution in [-0.2, 0) is 9.59 Å². The molecule has 1 rings (SSSR count). The molecule has 0 aromatic heterocycles. The fourth-order valence-corrected chi connectivity index (χ4v) is 1.55. The monoisotopic (exact) mass is 279 g/mol. The predicted octanol–water partition coefficient (Wildman–Crippen LogP) is 0.579. The van der Waals surface area contributed by atoms with Crippen molar-refractivity contribution in [1.29, 1.82) is 0 Å². The normalized spacial score (nSPS) is 12.2. The van der Waals surface area contributed by atoms with Crippen molar-refractivity contribution in [3.05, 3.63) is 35.4 Å². The molecule has 0 aliphatic heterocycles. The Labute approximate surface area is 116 Å². The zero-order valence-corrected chi connectivity index (χ0v) is 11.3. The van der Waals surface area contributed by atoms with Crippen LogP contribution in [0.15, 0.2) is 24.3 Å². The minimum absolute atomic E-state index is 0.602. The standard InChI is InChI=1S/C14H17NO5/c1-9-3-5-12(20-2)10(7-9)4-6-13(17)15-11(8-16)14(18)19/h3-7,11,16H,8H2,1-2H3,(H,15,17)(H,18,19)/b6-4+. The van der Waals surface area contributed by atoms with Gasteiger partial charge >= 0.3 is 5.97 Å². The van der Waals surface area contributed by atoms with Crippen LogP contribution in [0.3, 0.4) is 0 Å². The van der Waals surface area contributed by atoms with E-state index in [2.05, 4.69) is 5.32 Å². The first kappa shape index (κ1) is 15.7. The van der Waals surface area contributed by atoms with Crippen LogP contribution in [0, 0.1) is 6.92 Å². The minimum Gasteiger partial charge on any atom is -0.496 e. The summed E-state index contributed by atoms with van der Waals surface area (Å²) in [5, 5.41) is 19.7. The van der Waals surface area contributed by atoms with E-state index in [9.17, 15) is 9.59 Å². The number of methoxy groups -OCH3 is 1. The van der Waals surface area contributed by atoms with Gasteiger partial charge in [-0.15, -0.1) is 0 Å². The van der Waals surface area contributed by atoms with Crippen LogP contribution in [0.1, 0.15) is 11.1 Å². The molecule has 0 fully saturated rings. The highest BCUT2D eigenvalue weighted by Crippen LogP contribution is 2.20. The Morgan fingerprint density at radius 1 is 1.45 bits per heavy atom. The van der Waals surface area contributed by atoms with Crippen molar-refractivity contribution in [2.24, 2.45) is 0 Å². The van der Waals surface area contributed by atoms with Crippen molar-refractivity contribution in [3.8, 4) is 5.75 Å². The average molecular weight is 279 g/mol. The van der Waals surface area contributed by atoms with Crippen LogP contribution in [0.5, 0.6) is 5.75 Å². The molecule has 0 radical (unpaired) electrons. The molecule has 1 amide bonds. The molecular formula is C14H17NO5. The van der Waals surface area contributed by atoms with E-state index in [1.165, 1.54) is 19.3 Å². The van der Waals surface area contributed by atoms with Gasteiger partial charge in [-0.2, -0.15) is 0 Å². The molecule has 0 aliphatic carbocycles. The van der Waals surface area contributed by atoms with Gasteiger partial charge < -0.3 is 20.3 Å². The van der Waals surface area contributed by atoms with E-state index in [4.69, 9.17) is 14.9 Å². The molecule has 0 spiro atoms. The number of carboxylic acid groups (broad SMARTS) is 1. The van der Waals surface area contributed by atoms with Gasteiger partial charge in [0.15, 0.2) is 6.04 Å². The van der Waals surface area contributed by atoms with Gasteiger partial charge in [0.1, 0.15) is 5.75 Å². The quantitative estimate of drug-likeness (QED) is 0.662. The summed E-state index contributed by atoms with van der Waals surface area (Å²) in [5.74, 6) is -1.28. The second-order valence-corrected chi connectivity index (χ2v) is 4.16. The summed E-state index contributed by atoms with van der Waals surface area (Å²) in [7, 11) is 1.52. The van der Waals surface area contributed by atoms with E-state index in [1.807, 2.05) is 19.1 Å². The number of aryl methyl sites for hydroxylation is 1. The van der Waals surface area contributed by atoms with Gasteiger partial charge in [-0.1, -0.05) is 11.6 Å². The SMILES string of the molecule is COc1ccc(C)cc1/C=C/C(=O)NC(CO)C(=O)O. The number of carbonyl (C=O) groups is 2.